The van der Waals surface area contributed by atoms with Gasteiger partial charge >= 0.3 is 0 Å². The summed E-state index contributed by atoms with van der Waals surface area (Å²) in [5.74, 6) is 1.23. The molecule has 3 aromatic rings. The van der Waals surface area contributed by atoms with Crippen molar-refractivity contribution in [2.24, 2.45) is 4.99 Å². The van der Waals surface area contributed by atoms with Crippen molar-refractivity contribution in [2.75, 3.05) is 25.5 Å². The highest BCUT2D eigenvalue weighted by atomic mass is 16.5. The number of amides is 2. The van der Waals surface area contributed by atoms with Crippen molar-refractivity contribution in [2.45, 2.75) is 32.8 Å². The second-order valence-corrected chi connectivity index (χ2v) is 8.74. The summed E-state index contributed by atoms with van der Waals surface area (Å²) in [6.45, 7) is 3.52. The number of likely N-dealkylation sites (tertiary alicyclic amines) is 1. The lowest BCUT2D eigenvalue weighted by Gasteiger charge is -2.26. The van der Waals surface area contributed by atoms with E-state index in [9.17, 15) is 9.59 Å². The number of carbonyl (C=O) groups is 2. The van der Waals surface area contributed by atoms with Gasteiger partial charge in [0.1, 0.15) is 6.61 Å². The third-order valence-corrected chi connectivity index (χ3v) is 5.98. The van der Waals surface area contributed by atoms with Crippen LogP contribution in [0.5, 0.6) is 11.5 Å². The summed E-state index contributed by atoms with van der Waals surface area (Å²) in [5.41, 5.74) is 4.05. The number of hydrogen-bond acceptors (Lipinski definition) is 5. The summed E-state index contributed by atoms with van der Waals surface area (Å²) in [6, 6.07) is 20.5. The Balaban J connectivity index is 1.35. The second-order valence-electron chi connectivity index (χ2n) is 8.74. The smallest absolute Gasteiger partial charge is 0.253 e. The van der Waals surface area contributed by atoms with E-state index in [4.69, 9.17) is 9.47 Å². The largest absolute Gasteiger partial charge is 0.493 e. The summed E-state index contributed by atoms with van der Waals surface area (Å²) in [6.07, 6.45) is 5.11. The van der Waals surface area contributed by atoms with Crippen LogP contribution in [0, 0.1) is 0 Å². The third-order valence-electron chi connectivity index (χ3n) is 5.98. The molecule has 7 nitrogen and oxygen atoms in total. The van der Waals surface area contributed by atoms with Crippen LogP contribution in [0.15, 0.2) is 71.7 Å². The number of methoxy groups -OCH3 is 1. The SMILES string of the molecule is COc1cc(C=Nc2ccc(NC(C)=O)cc2)ccc1OCc1ccc(C(=O)N2CCCCC2)cc1. The molecule has 0 saturated carbocycles. The molecule has 4 rings (SSSR count). The highest BCUT2D eigenvalue weighted by Crippen LogP contribution is 2.29. The van der Waals surface area contributed by atoms with Gasteiger partial charge in [0.05, 0.1) is 12.8 Å². The molecule has 0 aromatic heterocycles. The molecule has 186 valence electrons. The molecule has 0 aliphatic carbocycles. The topological polar surface area (TPSA) is 80.2 Å². The van der Waals surface area contributed by atoms with Crippen LogP contribution >= 0.6 is 0 Å². The van der Waals surface area contributed by atoms with Crippen LogP contribution in [0.4, 0.5) is 11.4 Å². The lowest BCUT2D eigenvalue weighted by molar-refractivity contribution is -0.114. The van der Waals surface area contributed by atoms with Crippen LogP contribution in [0.25, 0.3) is 0 Å². The Kier molecular flexibility index (Phi) is 8.34. The standard InChI is InChI=1S/C29H31N3O4/c1-21(33)31-26-13-11-25(12-14-26)30-19-23-8-15-27(28(18-23)35-2)36-20-22-6-9-24(10-7-22)29(34)32-16-4-3-5-17-32/h6-15,18-19H,3-5,16-17,20H2,1-2H3,(H,31,33). The average Bonchev–Trinajstić information content (AvgIpc) is 2.91. The molecule has 7 heteroatoms. The van der Waals surface area contributed by atoms with E-state index >= 15 is 0 Å². The van der Waals surface area contributed by atoms with E-state index in [1.54, 1.807) is 13.3 Å². The maximum atomic E-state index is 12.7. The molecule has 0 spiro atoms. The van der Waals surface area contributed by atoms with Crippen molar-refractivity contribution in [3.05, 3.63) is 83.4 Å². The Morgan fingerprint density at radius 3 is 2.33 bits per heavy atom. The van der Waals surface area contributed by atoms with E-state index in [1.165, 1.54) is 13.3 Å². The van der Waals surface area contributed by atoms with Gasteiger partial charge in [0, 0.05) is 37.5 Å². The Morgan fingerprint density at radius 2 is 1.67 bits per heavy atom. The van der Waals surface area contributed by atoms with Crippen LogP contribution in [0.2, 0.25) is 0 Å². The fraction of sp³-hybridized carbons (Fsp3) is 0.276. The number of rotatable bonds is 8. The van der Waals surface area contributed by atoms with Crippen molar-refractivity contribution in [1.82, 2.24) is 4.90 Å². The Morgan fingerprint density at radius 1 is 0.944 bits per heavy atom. The molecule has 1 aliphatic heterocycles. The lowest BCUT2D eigenvalue weighted by atomic mass is 10.1. The Labute approximate surface area is 211 Å². The van der Waals surface area contributed by atoms with Crippen molar-refractivity contribution in [3.63, 3.8) is 0 Å². The van der Waals surface area contributed by atoms with Crippen LogP contribution < -0.4 is 14.8 Å². The predicted molar refractivity (Wildman–Crippen MR) is 142 cm³/mol. The van der Waals surface area contributed by atoms with E-state index < -0.39 is 0 Å². The highest BCUT2D eigenvalue weighted by molar-refractivity contribution is 5.94. The van der Waals surface area contributed by atoms with Gasteiger partial charge < -0.3 is 19.7 Å². The first-order valence-electron chi connectivity index (χ1n) is 12.1. The number of ether oxygens (including phenoxy) is 2. The number of anilines is 1. The van der Waals surface area contributed by atoms with Gasteiger partial charge in [-0.3, -0.25) is 14.6 Å². The van der Waals surface area contributed by atoms with Gasteiger partial charge in [-0.05, 0) is 85.0 Å². The number of carbonyl (C=O) groups excluding carboxylic acids is 2. The molecule has 0 unspecified atom stereocenters. The third kappa shape index (κ3) is 6.72. The van der Waals surface area contributed by atoms with E-state index in [2.05, 4.69) is 10.3 Å². The number of nitrogens with one attached hydrogen (secondary N) is 1. The zero-order chi connectivity index (χ0) is 25.3. The van der Waals surface area contributed by atoms with Crippen molar-refractivity contribution in [1.29, 1.82) is 0 Å². The molecule has 1 N–H and O–H groups in total. The molecule has 1 heterocycles. The van der Waals surface area contributed by atoms with Gasteiger partial charge in [0.15, 0.2) is 11.5 Å². The average molecular weight is 486 g/mol. The van der Waals surface area contributed by atoms with Crippen molar-refractivity contribution >= 4 is 29.4 Å². The predicted octanol–water partition coefficient (Wildman–Crippen LogP) is 5.61. The van der Waals surface area contributed by atoms with E-state index in [-0.39, 0.29) is 11.8 Å². The maximum Gasteiger partial charge on any atom is 0.253 e. The number of aliphatic imine (C=N–C) groups is 1. The van der Waals surface area contributed by atoms with Gasteiger partial charge in [-0.15, -0.1) is 0 Å². The van der Waals surface area contributed by atoms with Crippen LogP contribution in [-0.4, -0.2) is 43.1 Å². The zero-order valence-corrected chi connectivity index (χ0v) is 20.7. The number of piperidine rings is 1. The highest BCUT2D eigenvalue weighted by Gasteiger charge is 2.18. The fourth-order valence-electron chi connectivity index (χ4n) is 4.05. The minimum absolute atomic E-state index is 0.102. The molecule has 3 aromatic carbocycles. The number of benzene rings is 3. The summed E-state index contributed by atoms with van der Waals surface area (Å²) in [5, 5.41) is 2.73. The fourth-order valence-corrected chi connectivity index (χ4v) is 4.05. The number of nitrogens with zero attached hydrogens (tertiary/aromatic N) is 2. The molecule has 0 atom stereocenters. The van der Waals surface area contributed by atoms with Crippen molar-refractivity contribution < 1.29 is 19.1 Å². The van der Waals surface area contributed by atoms with Crippen LogP contribution in [0.3, 0.4) is 0 Å². The first kappa shape index (κ1) is 25.0. The first-order valence-corrected chi connectivity index (χ1v) is 12.1. The van der Waals surface area contributed by atoms with Gasteiger partial charge in [-0.2, -0.15) is 0 Å². The molecule has 0 bridgehead atoms. The first-order chi connectivity index (χ1) is 17.5. The maximum absolute atomic E-state index is 12.7. The molecule has 2 amide bonds. The van der Waals surface area contributed by atoms with Crippen LogP contribution in [0.1, 0.15) is 47.7 Å². The quantitative estimate of drug-likeness (QED) is 0.421. The normalized spacial score (nSPS) is 13.4. The van der Waals surface area contributed by atoms with E-state index in [0.717, 1.165) is 48.4 Å². The van der Waals surface area contributed by atoms with Crippen molar-refractivity contribution in [3.8, 4) is 11.5 Å². The Hall–Kier alpha value is -4.13. The Bertz CT molecular complexity index is 1210. The van der Waals surface area contributed by atoms with Gasteiger partial charge in [0.2, 0.25) is 5.91 Å². The minimum Gasteiger partial charge on any atom is -0.493 e. The molecular weight excluding hydrogens is 454 g/mol. The molecule has 1 fully saturated rings. The molecule has 1 saturated heterocycles. The van der Waals surface area contributed by atoms with Gasteiger partial charge in [-0.25, -0.2) is 0 Å². The molecule has 0 radical (unpaired) electrons. The summed E-state index contributed by atoms with van der Waals surface area (Å²) in [4.78, 5) is 30.2. The monoisotopic (exact) mass is 485 g/mol. The lowest BCUT2D eigenvalue weighted by Crippen LogP contribution is -2.35. The molecule has 36 heavy (non-hydrogen) atoms. The minimum atomic E-state index is -0.111. The summed E-state index contributed by atoms with van der Waals surface area (Å²) < 4.78 is 11.5. The summed E-state index contributed by atoms with van der Waals surface area (Å²) >= 11 is 0. The number of hydrogen-bond donors (Lipinski definition) is 1. The van der Waals surface area contributed by atoms with Gasteiger partial charge in [0.25, 0.3) is 5.91 Å². The van der Waals surface area contributed by atoms with E-state index in [0.29, 0.717) is 23.7 Å². The molecule has 1 aliphatic rings. The second kappa shape index (κ2) is 12.0. The van der Waals surface area contributed by atoms with E-state index in [1.807, 2.05) is 71.6 Å². The zero-order valence-electron chi connectivity index (χ0n) is 20.7. The van der Waals surface area contributed by atoms with Crippen LogP contribution in [-0.2, 0) is 11.4 Å². The summed E-state index contributed by atoms with van der Waals surface area (Å²) in [7, 11) is 1.60. The molecular formula is C29H31N3O4. The van der Waals surface area contributed by atoms with Gasteiger partial charge in [-0.1, -0.05) is 12.1 Å².